The molecule has 2 unspecified atom stereocenters. The van der Waals surface area contributed by atoms with Crippen molar-refractivity contribution < 1.29 is 8.42 Å². The Bertz CT molecular complexity index is 355. The first kappa shape index (κ1) is 17.9. The summed E-state index contributed by atoms with van der Waals surface area (Å²) in [7, 11) is -3.08. The van der Waals surface area contributed by atoms with Crippen molar-refractivity contribution in [3.8, 4) is 0 Å². The van der Waals surface area contributed by atoms with E-state index in [0.717, 1.165) is 19.4 Å². The fraction of sp³-hybridized carbons (Fsp3) is 1.00. The lowest BCUT2D eigenvalue weighted by atomic mass is 9.81. The minimum Gasteiger partial charge on any atom is -0.315 e. The van der Waals surface area contributed by atoms with Crippen LogP contribution in [0.2, 0.25) is 0 Å². The van der Waals surface area contributed by atoms with E-state index in [2.05, 4.69) is 30.8 Å². The lowest BCUT2D eigenvalue weighted by molar-refractivity contribution is 0.257. The molecule has 0 aromatic carbocycles. The maximum atomic E-state index is 11.9. The number of hydrogen-bond donors (Lipinski definition) is 2. The fourth-order valence-corrected chi connectivity index (χ4v) is 4.01. The Morgan fingerprint density at radius 1 is 1.15 bits per heavy atom. The van der Waals surface area contributed by atoms with E-state index in [9.17, 15) is 8.42 Å². The molecule has 5 heteroatoms. The van der Waals surface area contributed by atoms with Crippen molar-refractivity contribution in [2.45, 2.75) is 65.3 Å². The molecule has 0 radical (unpaired) electrons. The van der Waals surface area contributed by atoms with E-state index < -0.39 is 10.0 Å². The largest absolute Gasteiger partial charge is 0.315 e. The molecule has 1 aliphatic carbocycles. The van der Waals surface area contributed by atoms with Gasteiger partial charge in [-0.05, 0) is 37.6 Å². The molecule has 20 heavy (non-hydrogen) atoms. The molecule has 1 fully saturated rings. The predicted octanol–water partition coefficient (Wildman–Crippen LogP) is 2.51. The molecule has 1 aliphatic rings. The van der Waals surface area contributed by atoms with Crippen LogP contribution in [-0.4, -0.2) is 33.3 Å². The normalized spacial score (nSPS) is 24.2. The van der Waals surface area contributed by atoms with Crippen molar-refractivity contribution in [2.24, 2.45) is 11.8 Å². The zero-order chi connectivity index (χ0) is 15.0. The predicted molar refractivity (Wildman–Crippen MR) is 85.3 cm³/mol. The molecule has 2 N–H and O–H groups in total. The highest BCUT2D eigenvalue weighted by Gasteiger charge is 2.22. The molecular weight excluding hydrogens is 272 g/mol. The Kier molecular flexibility index (Phi) is 8.07. The molecule has 1 rings (SSSR count). The van der Waals surface area contributed by atoms with Gasteiger partial charge in [0.2, 0.25) is 10.0 Å². The van der Waals surface area contributed by atoms with Gasteiger partial charge in [-0.25, -0.2) is 13.1 Å². The molecule has 1 saturated carbocycles. The van der Waals surface area contributed by atoms with Crippen LogP contribution in [0.1, 0.15) is 59.3 Å². The van der Waals surface area contributed by atoms with Crippen LogP contribution in [0.4, 0.5) is 0 Å². The number of nitrogens with one attached hydrogen (secondary N) is 2. The van der Waals surface area contributed by atoms with E-state index in [0.29, 0.717) is 24.4 Å². The standard InChI is InChI=1S/C15H32N2O2S/c1-13(2)16-10-6-7-11-20(18,19)17-12-15-9-5-4-8-14(15)3/h13-17H,4-12H2,1-3H3. The van der Waals surface area contributed by atoms with E-state index in [1.54, 1.807) is 0 Å². The second-order valence-corrected chi connectivity index (χ2v) is 8.43. The van der Waals surface area contributed by atoms with Gasteiger partial charge >= 0.3 is 0 Å². The molecule has 0 bridgehead atoms. The molecule has 120 valence electrons. The van der Waals surface area contributed by atoms with Gasteiger partial charge in [0.1, 0.15) is 0 Å². The van der Waals surface area contributed by atoms with Crippen LogP contribution in [0.3, 0.4) is 0 Å². The van der Waals surface area contributed by atoms with Gasteiger partial charge in [0.25, 0.3) is 0 Å². The van der Waals surface area contributed by atoms with Crippen LogP contribution in [0.25, 0.3) is 0 Å². The van der Waals surface area contributed by atoms with Crippen LogP contribution in [-0.2, 0) is 10.0 Å². The SMILES string of the molecule is CC(C)NCCCCS(=O)(=O)NCC1CCCCC1C. The topological polar surface area (TPSA) is 58.2 Å². The van der Waals surface area contributed by atoms with Gasteiger partial charge in [-0.2, -0.15) is 0 Å². The maximum absolute atomic E-state index is 11.9. The summed E-state index contributed by atoms with van der Waals surface area (Å²) in [5.74, 6) is 1.44. The van der Waals surface area contributed by atoms with Crippen LogP contribution < -0.4 is 10.0 Å². The van der Waals surface area contributed by atoms with Crippen molar-refractivity contribution in [1.82, 2.24) is 10.0 Å². The number of unbranched alkanes of at least 4 members (excludes halogenated alkanes) is 1. The zero-order valence-electron chi connectivity index (χ0n) is 13.3. The summed E-state index contributed by atoms with van der Waals surface area (Å²) < 4.78 is 26.7. The van der Waals surface area contributed by atoms with Crippen molar-refractivity contribution in [2.75, 3.05) is 18.8 Å². The molecule has 0 amide bonds. The quantitative estimate of drug-likeness (QED) is 0.644. The van der Waals surface area contributed by atoms with Gasteiger partial charge in [0, 0.05) is 12.6 Å². The molecule has 0 heterocycles. The van der Waals surface area contributed by atoms with Crippen LogP contribution >= 0.6 is 0 Å². The van der Waals surface area contributed by atoms with Gasteiger partial charge < -0.3 is 5.32 Å². The highest BCUT2D eigenvalue weighted by Crippen LogP contribution is 2.28. The minimum atomic E-state index is -3.08. The lowest BCUT2D eigenvalue weighted by Crippen LogP contribution is -2.35. The summed E-state index contributed by atoms with van der Waals surface area (Å²) in [4.78, 5) is 0. The molecule has 4 nitrogen and oxygen atoms in total. The third kappa shape index (κ3) is 7.60. The van der Waals surface area contributed by atoms with Gasteiger partial charge in [-0.3, -0.25) is 0 Å². The monoisotopic (exact) mass is 304 g/mol. The summed E-state index contributed by atoms with van der Waals surface area (Å²) in [5.41, 5.74) is 0. The lowest BCUT2D eigenvalue weighted by Gasteiger charge is -2.28. The van der Waals surface area contributed by atoms with E-state index >= 15 is 0 Å². The van der Waals surface area contributed by atoms with Crippen LogP contribution in [0.5, 0.6) is 0 Å². The molecular formula is C15H32N2O2S. The maximum Gasteiger partial charge on any atom is 0.211 e. The van der Waals surface area contributed by atoms with Gasteiger partial charge in [-0.1, -0.05) is 40.0 Å². The highest BCUT2D eigenvalue weighted by atomic mass is 32.2. The fourth-order valence-electron chi connectivity index (χ4n) is 2.81. The summed E-state index contributed by atoms with van der Waals surface area (Å²) in [5, 5.41) is 3.31. The average molecular weight is 305 g/mol. The first-order chi connectivity index (χ1) is 9.41. The second-order valence-electron chi connectivity index (χ2n) is 6.51. The Balaban J connectivity index is 2.17. The third-order valence-electron chi connectivity index (χ3n) is 4.25. The second kappa shape index (κ2) is 9.00. The summed E-state index contributed by atoms with van der Waals surface area (Å²) >= 11 is 0. The molecule has 0 aromatic heterocycles. The molecule has 0 spiro atoms. The Hall–Kier alpha value is -0.130. The molecule has 2 atom stereocenters. The molecule has 0 aromatic rings. The van der Waals surface area contributed by atoms with Gasteiger partial charge in [0.15, 0.2) is 0 Å². The Morgan fingerprint density at radius 2 is 1.85 bits per heavy atom. The summed E-state index contributed by atoms with van der Waals surface area (Å²) in [6.07, 6.45) is 6.61. The summed E-state index contributed by atoms with van der Waals surface area (Å²) in [6, 6.07) is 0.470. The third-order valence-corrected chi connectivity index (χ3v) is 5.68. The van der Waals surface area contributed by atoms with Gasteiger partial charge in [0.05, 0.1) is 5.75 Å². The smallest absolute Gasteiger partial charge is 0.211 e. The first-order valence-electron chi connectivity index (χ1n) is 8.11. The first-order valence-corrected chi connectivity index (χ1v) is 9.76. The van der Waals surface area contributed by atoms with Gasteiger partial charge in [-0.15, -0.1) is 0 Å². The molecule has 0 saturated heterocycles. The number of hydrogen-bond acceptors (Lipinski definition) is 3. The highest BCUT2D eigenvalue weighted by molar-refractivity contribution is 7.89. The van der Waals surface area contributed by atoms with E-state index in [-0.39, 0.29) is 5.75 Å². The van der Waals surface area contributed by atoms with Crippen LogP contribution in [0.15, 0.2) is 0 Å². The number of sulfonamides is 1. The van der Waals surface area contributed by atoms with Crippen molar-refractivity contribution in [3.05, 3.63) is 0 Å². The van der Waals surface area contributed by atoms with Crippen molar-refractivity contribution in [1.29, 1.82) is 0 Å². The number of rotatable bonds is 9. The van der Waals surface area contributed by atoms with E-state index in [4.69, 9.17) is 0 Å². The average Bonchev–Trinajstić information content (AvgIpc) is 2.37. The molecule has 0 aliphatic heterocycles. The minimum absolute atomic E-state index is 0.258. The zero-order valence-corrected chi connectivity index (χ0v) is 14.1. The summed E-state index contributed by atoms with van der Waals surface area (Å²) in [6.45, 7) is 7.98. The van der Waals surface area contributed by atoms with E-state index in [1.807, 2.05) is 0 Å². The van der Waals surface area contributed by atoms with Crippen molar-refractivity contribution >= 4 is 10.0 Å². The Morgan fingerprint density at radius 3 is 2.50 bits per heavy atom. The van der Waals surface area contributed by atoms with E-state index in [1.165, 1.54) is 25.7 Å². The Labute approximate surface area is 125 Å². The van der Waals surface area contributed by atoms with Crippen LogP contribution in [0, 0.1) is 11.8 Å². The van der Waals surface area contributed by atoms with Crippen molar-refractivity contribution in [3.63, 3.8) is 0 Å².